The third-order valence-corrected chi connectivity index (χ3v) is 3.65. The van der Waals surface area contributed by atoms with Gasteiger partial charge in [0.2, 0.25) is 0 Å². The van der Waals surface area contributed by atoms with Crippen molar-refractivity contribution in [2.24, 2.45) is 5.73 Å². The minimum atomic E-state index is -0.374. The molecule has 0 bridgehead atoms. The van der Waals surface area contributed by atoms with Gasteiger partial charge in [0.25, 0.3) is 0 Å². The van der Waals surface area contributed by atoms with E-state index in [-0.39, 0.29) is 18.3 Å². The number of hydrogen-bond donors (Lipinski definition) is 2. The lowest BCUT2D eigenvalue weighted by Gasteiger charge is -2.10. The molecule has 0 amide bonds. The molecule has 20 heavy (non-hydrogen) atoms. The van der Waals surface area contributed by atoms with Gasteiger partial charge in [-0.25, -0.2) is 4.39 Å². The zero-order chi connectivity index (χ0) is 14.7. The van der Waals surface area contributed by atoms with Crippen molar-refractivity contribution in [2.75, 3.05) is 0 Å². The fourth-order valence-corrected chi connectivity index (χ4v) is 2.17. The summed E-state index contributed by atoms with van der Waals surface area (Å²) in [4.78, 5) is 0. The Bertz CT molecular complexity index is 664. The second-order valence-electron chi connectivity index (χ2n) is 4.08. The Hall–Kier alpha value is -1.59. The fraction of sp³-hybridized carbons (Fsp3) is 0.0714. The van der Waals surface area contributed by atoms with Crippen LogP contribution < -0.4 is 10.5 Å². The number of benzene rings is 2. The summed E-state index contributed by atoms with van der Waals surface area (Å²) in [5, 5.41) is 7.78. The van der Waals surface area contributed by atoms with Gasteiger partial charge in [-0.15, -0.1) is 0 Å². The number of hydrogen-bond acceptors (Lipinski definition) is 2. The van der Waals surface area contributed by atoms with Crippen LogP contribution in [-0.2, 0) is 6.61 Å². The SMILES string of the molecule is N=C(N)c1ccc(COc2cc(F)ccc2Br)c(Cl)c1. The highest BCUT2D eigenvalue weighted by molar-refractivity contribution is 9.10. The van der Waals surface area contributed by atoms with E-state index in [2.05, 4.69) is 15.9 Å². The standard InChI is InChI=1S/C14H11BrClFN2O/c15-11-4-3-10(17)6-13(11)20-7-9-2-1-8(14(18)19)5-12(9)16/h1-6H,7H2,(H3,18,19). The van der Waals surface area contributed by atoms with Gasteiger partial charge in [0.05, 0.1) is 4.47 Å². The van der Waals surface area contributed by atoms with Crippen molar-refractivity contribution in [3.63, 3.8) is 0 Å². The van der Waals surface area contributed by atoms with E-state index in [0.717, 1.165) is 5.56 Å². The molecule has 0 heterocycles. The number of rotatable bonds is 4. The van der Waals surface area contributed by atoms with Gasteiger partial charge < -0.3 is 10.5 Å². The molecule has 0 aliphatic carbocycles. The molecule has 0 aliphatic rings. The number of amidine groups is 1. The van der Waals surface area contributed by atoms with E-state index in [0.29, 0.717) is 20.8 Å². The number of ether oxygens (including phenoxy) is 1. The third-order valence-electron chi connectivity index (χ3n) is 2.64. The predicted octanol–water partition coefficient (Wildman–Crippen LogP) is 4.10. The summed E-state index contributed by atoms with van der Waals surface area (Å²) < 4.78 is 19.3. The van der Waals surface area contributed by atoms with Crippen LogP contribution in [0.4, 0.5) is 4.39 Å². The van der Waals surface area contributed by atoms with Crippen LogP contribution in [0, 0.1) is 11.2 Å². The molecule has 0 aromatic heterocycles. The Morgan fingerprint density at radius 3 is 2.70 bits per heavy atom. The van der Waals surface area contributed by atoms with Gasteiger partial charge in [-0.05, 0) is 34.1 Å². The highest BCUT2D eigenvalue weighted by atomic mass is 79.9. The number of nitrogens with two attached hydrogens (primary N) is 1. The molecule has 2 rings (SSSR count). The van der Waals surface area contributed by atoms with Crippen molar-refractivity contribution in [2.45, 2.75) is 6.61 Å². The molecule has 2 aromatic carbocycles. The summed E-state index contributed by atoms with van der Waals surface area (Å²) >= 11 is 9.38. The lowest BCUT2D eigenvalue weighted by molar-refractivity contribution is 0.302. The van der Waals surface area contributed by atoms with E-state index in [9.17, 15) is 4.39 Å². The van der Waals surface area contributed by atoms with Crippen LogP contribution in [0.25, 0.3) is 0 Å². The van der Waals surface area contributed by atoms with Gasteiger partial charge in [0.1, 0.15) is 24.0 Å². The molecular weight excluding hydrogens is 347 g/mol. The van der Waals surface area contributed by atoms with Crippen molar-refractivity contribution >= 4 is 33.4 Å². The quantitative estimate of drug-likeness (QED) is 0.639. The normalized spacial score (nSPS) is 10.3. The summed E-state index contributed by atoms with van der Waals surface area (Å²) in [5.74, 6) is -0.0230. The van der Waals surface area contributed by atoms with Crippen molar-refractivity contribution in [3.8, 4) is 5.75 Å². The van der Waals surface area contributed by atoms with E-state index in [4.69, 9.17) is 27.5 Å². The molecule has 3 N–H and O–H groups in total. The van der Waals surface area contributed by atoms with Crippen LogP contribution in [0.2, 0.25) is 5.02 Å². The highest BCUT2D eigenvalue weighted by Crippen LogP contribution is 2.27. The van der Waals surface area contributed by atoms with Crippen LogP contribution in [-0.4, -0.2) is 5.84 Å². The summed E-state index contributed by atoms with van der Waals surface area (Å²) in [6.45, 7) is 0.194. The molecule has 0 radical (unpaired) electrons. The molecule has 0 unspecified atom stereocenters. The van der Waals surface area contributed by atoms with Gasteiger partial charge in [0, 0.05) is 22.2 Å². The zero-order valence-corrected chi connectivity index (χ0v) is 12.6. The van der Waals surface area contributed by atoms with E-state index >= 15 is 0 Å². The Balaban J connectivity index is 2.15. The molecule has 0 atom stereocenters. The second-order valence-corrected chi connectivity index (χ2v) is 5.34. The molecule has 0 fully saturated rings. The average Bonchev–Trinajstić information content (AvgIpc) is 2.40. The zero-order valence-electron chi connectivity index (χ0n) is 10.3. The molecule has 2 aromatic rings. The van der Waals surface area contributed by atoms with E-state index in [1.165, 1.54) is 12.1 Å². The first-order valence-electron chi connectivity index (χ1n) is 5.68. The lowest BCUT2D eigenvalue weighted by Crippen LogP contribution is -2.11. The van der Waals surface area contributed by atoms with Crippen LogP contribution in [0.3, 0.4) is 0 Å². The van der Waals surface area contributed by atoms with E-state index < -0.39 is 0 Å². The van der Waals surface area contributed by atoms with Crippen molar-refractivity contribution in [1.29, 1.82) is 5.41 Å². The maximum Gasteiger partial charge on any atom is 0.136 e. The van der Waals surface area contributed by atoms with Crippen molar-refractivity contribution in [1.82, 2.24) is 0 Å². The molecule has 0 aliphatic heterocycles. The van der Waals surface area contributed by atoms with Crippen LogP contribution in [0.1, 0.15) is 11.1 Å². The first-order chi connectivity index (χ1) is 9.47. The fourth-order valence-electron chi connectivity index (χ4n) is 1.58. The average molecular weight is 358 g/mol. The molecule has 0 saturated heterocycles. The molecule has 6 heteroatoms. The van der Waals surface area contributed by atoms with Crippen LogP contribution in [0.5, 0.6) is 5.75 Å². The first-order valence-corrected chi connectivity index (χ1v) is 6.85. The Morgan fingerprint density at radius 1 is 1.30 bits per heavy atom. The summed E-state index contributed by atoms with van der Waals surface area (Å²) in [5.41, 5.74) is 6.66. The molecule has 0 saturated carbocycles. The van der Waals surface area contributed by atoms with Gasteiger partial charge in [0.15, 0.2) is 0 Å². The minimum Gasteiger partial charge on any atom is -0.488 e. The predicted molar refractivity (Wildman–Crippen MR) is 80.9 cm³/mol. The topological polar surface area (TPSA) is 59.1 Å². The van der Waals surface area contributed by atoms with Crippen LogP contribution >= 0.6 is 27.5 Å². The molecule has 104 valence electrons. The van der Waals surface area contributed by atoms with E-state index in [1.54, 1.807) is 24.3 Å². The molecular formula is C14H11BrClFN2O. The van der Waals surface area contributed by atoms with Gasteiger partial charge >= 0.3 is 0 Å². The maximum absolute atomic E-state index is 13.1. The van der Waals surface area contributed by atoms with E-state index in [1.807, 2.05) is 0 Å². The van der Waals surface area contributed by atoms with Crippen molar-refractivity contribution < 1.29 is 9.13 Å². The summed E-state index contributed by atoms with van der Waals surface area (Å²) in [6, 6.07) is 9.22. The van der Waals surface area contributed by atoms with Gasteiger partial charge in [-0.1, -0.05) is 23.7 Å². The van der Waals surface area contributed by atoms with Gasteiger partial charge in [-0.2, -0.15) is 0 Å². The third kappa shape index (κ3) is 3.49. The number of halogens is 3. The second kappa shape index (κ2) is 6.24. The lowest BCUT2D eigenvalue weighted by atomic mass is 10.1. The largest absolute Gasteiger partial charge is 0.488 e. The number of nitrogen functional groups attached to an aromatic ring is 1. The Morgan fingerprint density at radius 2 is 2.05 bits per heavy atom. The highest BCUT2D eigenvalue weighted by Gasteiger charge is 2.07. The minimum absolute atomic E-state index is 0.0488. The summed E-state index contributed by atoms with van der Waals surface area (Å²) in [6.07, 6.45) is 0. The number of nitrogens with one attached hydrogen (secondary N) is 1. The molecule has 3 nitrogen and oxygen atoms in total. The maximum atomic E-state index is 13.1. The first kappa shape index (κ1) is 14.8. The molecule has 0 spiro atoms. The smallest absolute Gasteiger partial charge is 0.136 e. The summed E-state index contributed by atoms with van der Waals surface area (Å²) in [7, 11) is 0. The Labute approximate surface area is 129 Å². The van der Waals surface area contributed by atoms with Crippen LogP contribution in [0.15, 0.2) is 40.9 Å². The Kier molecular flexibility index (Phi) is 4.62. The van der Waals surface area contributed by atoms with Gasteiger partial charge in [-0.3, -0.25) is 5.41 Å². The van der Waals surface area contributed by atoms with Crippen molar-refractivity contribution in [3.05, 3.63) is 62.8 Å². The monoisotopic (exact) mass is 356 g/mol.